The predicted molar refractivity (Wildman–Crippen MR) is 66.9 cm³/mol. The van der Waals surface area contributed by atoms with Crippen LogP contribution in [0.4, 0.5) is 8.78 Å². The van der Waals surface area contributed by atoms with Crippen molar-refractivity contribution < 1.29 is 8.78 Å². The summed E-state index contributed by atoms with van der Waals surface area (Å²) in [6, 6.07) is 5.24. The van der Waals surface area contributed by atoms with Crippen LogP contribution in [0.3, 0.4) is 0 Å². The van der Waals surface area contributed by atoms with Crippen LogP contribution >= 0.6 is 0 Å². The second kappa shape index (κ2) is 4.70. The molecule has 0 atom stereocenters. The summed E-state index contributed by atoms with van der Waals surface area (Å²) in [5.74, 6) is -1.29. The van der Waals surface area contributed by atoms with Crippen LogP contribution in [0, 0.1) is 23.0 Å². The third-order valence-corrected chi connectivity index (χ3v) is 2.85. The van der Waals surface area contributed by atoms with E-state index in [2.05, 4.69) is 9.97 Å². The van der Waals surface area contributed by atoms with Gasteiger partial charge in [0.15, 0.2) is 11.3 Å². The molecule has 0 bridgehead atoms. The number of imidazole rings is 1. The Morgan fingerprint density at radius 2 is 1.95 bits per heavy atom. The van der Waals surface area contributed by atoms with E-state index in [9.17, 15) is 8.78 Å². The highest BCUT2D eigenvalue weighted by Gasteiger charge is 2.10. The molecule has 4 nitrogen and oxygen atoms in total. The molecule has 0 fully saturated rings. The number of nitriles is 1. The number of nitrogens with zero attached hydrogens (tertiary/aromatic N) is 4. The normalized spacial score (nSPS) is 10.7. The molecule has 98 valence electrons. The van der Waals surface area contributed by atoms with Gasteiger partial charge in [0.05, 0.1) is 5.69 Å². The zero-order valence-corrected chi connectivity index (χ0v) is 10.2. The summed E-state index contributed by atoms with van der Waals surface area (Å²) >= 11 is 0. The Morgan fingerprint density at radius 3 is 2.65 bits per heavy atom. The standard InChI is InChI=1S/C14H8F2N4/c15-10-3-9(4-11(16)6-10)5-13-14-18-1-2-20(14)8-12(7-17)19-13/h1-4,6,8H,5H2. The first-order valence-electron chi connectivity index (χ1n) is 5.83. The average molecular weight is 270 g/mol. The van der Waals surface area contributed by atoms with Crippen molar-refractivity contribution in [2.75, 3.05) is 0 Å². The summed E-state index contributed by atoms with van der Waals surface area (Å²) in [5, 5.41) is 8.95. The first kappa shape index (κ1) is 12.2. The van der Waals surface area contributed by atoms with Crippen LogP contribution < -0.4 is 0 Å². The minimum absolute atomic E-state index is 0.199. The summed E-state index contributed by atoms with van der Waals surface area (Å²) in [4.78, 5) is 8.30. The Morgan fingerprint density at radius 1 is 1.20 bits per heavy atom. The van der Waals surface area contributed by atoms with E-state index in [-0.39, 0.29) is 12.1 Å². The van der Waals surface area contributed by atoms with E-state index >= 15 is 0 Å². The maximum absolute atomic E-state index is 13.2. The van der Waals surface area contributed by atoms with E-state index in [1.165, 1.54) is 12.1 Å². The number of hydrogen-bond donors (Lipinski definition) is 0. The molecule has 0 aliphatic heterocycles. The minimum atomic E-state index is -0.643. The zero-order chi connectivity index (χ0) is 14.1. The van der Waals surface area contributed by atoms with Gasteiger partial charge < -0.3 is 4.40 Å². The quantitative estimate of drug-likeness (QED) is 0.718. The molecule has 0 aliphatic rings. The molecule has 2 heterocycles. The lowest BCUT2D eigenvalue weighted by Crippen LogP contribution is -2.01. The van der Waals surface area contributed by atoms with E-state index < -0.39 is 11.6 Å². The fraction of sp³-hybridized carbons (Fsp3) is 0.0714. The number of benzene rings is 1. The fourth-order valence-electron chi connectivity index (χ4n) is 2.08. The van der Waals surface area contributed by atoms with Gasteiger partial charge in [0.2, 0.25) is 0 Å². The molecular formula is C14H8F2N4. The molecule has 0 amide bonds. The zero-order valence-electron chi connectivity index (χ0n) is 10.2. The second-order valence-electron chi connectivity index (χ2n) is 4.30. The van der Waals surface area contributed by atoms with E-state index in [0.717, 1.165) is 6.07 Å². The van der Waals surface area contributed by atoms with Crippen LogP contribution in [0.5, 0.6) is 0 Å². The summed E-state index contributed by atoms with van der Waals surface area (Å²) in [7, 11) is 0. The lowest BCUT2D eigenvalue weighted by molar-refractivity contribution is 0.580. The van der Waals surface area contributed by atoms with Crippen molar-refractivity contribution in [3.63, 3.8) is 0 Å². The number of fused-ring (bicyclic) bond motifs is 1. The van der Waals surface area contributed by atoms with E-state index in [1.807, 2.05) is 6.07 Å². The number of hydrogen-bond acceptors (Lipinski definition) is 3. The number of aromatic nitrogens is 3. The van der Waals surface area contributed by atoms with E-state index in [1.54, 1.807) is 23.0 Å². The topological polar surface area (TPSA) is 54.0 Å². The fourth-order valence-corrected chi connectivity index (χ4v) is 2.08. The van der Waals surface area contributed by atoms with Crippen LogP contribution in [-0.4, -0.2) is 14.4 Å². The van der Waals surface area contributed by atoms with Gasteiger partial charge in [0.25, 0.3) is 0 Å². The molecule has 6 heteroatoms. The summed E-state index contributed by atoms with van der Waals surface area (Å²) in [6.45, 7) is 0. The molecule has 0 spiro atoms. The van der Waals surface area contributed by atoms with Crippen LogP contribution in [-0.2, 0) is 6.42 Å². The van der Waals surface area contributed by atoms with E-state index in [0.29, 0.717) is 16.9 Å². The molecule has 2 aromatic heterocycles. The highest BCUT2D eigenvalue weighted by atomic mass is 19.1. The lowest BCUT2D eigenvalue weighted by Gasteiger charge is -2.05. The predicted octanol–water partition coefficient (Wildman–Crippen LogP) is 2.47. The molecule has 0 unspecified atom stereocenters. The molecule has 0 aliphatic carbocycles. The van der Waals surface area contributed by atoms with Gasteiger partial charge in [-0.2, -0.15) is 5.26 Å². The smallest absolute Gasteiger partial charge is 0.158 e. The average Bonchev–Trinajstić information content (AvgIpc) is 2.85. The highest BCUT2D eigenvalue weighted by Crippen LogP contribution is 2.15. The molecule has 0 radical (unpaired) electrons. The van der Waals surface area contributed by atoms with Gasteiger partial charge in [-0.05, 0) is 17.7 Å². The van der Waals surface area contributed by atoms with Gasteiger partial charge in [-0.3, -0.25) is 0 Å². The monoisotopic (exact) mass is 270 g/mol. The summed E-state index contributed by atoms with van der Waals surface area (Å²) < 4.78 is 28.1. The van der Waals surface area contributed by atoms with Crippen molar-refractivity contribution >= 4 is 5.65 Å². The summed E-state index contributed by atoms with van der Waals surface area (Å²) in [5.41, 5.74) is 1.73. The van der Waals surface area contributed by atoms with Crippen LogP contribution in [0.1, 0.15) is 17.0 Å². The Bertz CT molecular complexity index is 813. The third kappa shape index (κ3) is 2.21. The first-order valence-corrected chi connectivity index (χ1v) is 5.83. The SMILES string of the molecule is N#Cc1cn2ccnc2c(Cc2cc(F)cc(F)c2)n1. The highest BCUT2D eigenvalue weighted by molar-refractivity contribution is 5.47. The number of rotatable bonds is 2. The molecule has 0 N–H and O–H groups in total. The van der Waals surface area contributed by atoms with Gasteiger partial charge in [-0.25, -0.2) is 18.7 Å². The van der Waals surface area contributed by atoms with Gasteiger partial charge in [0.1, 0.15) is 17.7 Å². The summed E-state index contributed by atoms with van der Waals surface area (Å²) in [6.07, 6.45) is 5.02. The number of halogens is 2. The maximum Gasteiger partial charge on any atom is 0.158 e. The molecule has 3 aromatic rings. The van der Waals surface area contributed by atoms with Gasteiger partial charge in [0, 0.05) is 31.1 Å². The van der Waals surface area contributed by atoms with E-state index in [4.69, 9.17) is 5.26 Å². The van der Waals surface area contributed by atoms with Crippen molar-refractivity contribution in [2.24, 2.45) is 0 Å². The molecular weight excluding hydrogens is 262 g/mol. The lowest BCUT2D eigenvalue weighted by atomic mass is 10.1. The molecule has 1 aromatic carbocycles. The van der Waals surface area contributed by atoms with Crippen molar-refractivity contribution in [3.8, 4) is 6.07 Å². The van der Waals surface area contributed by atoms with Gasteiger partial charge >= 0.3 is 0 Å². The van der Waals surface area contributed by atoms with Crippen molar-refractivity contribution in [2.45, 2.75) is 6.42 Å². The molecule has 20 heavy (non-hydrogen) atoms. The maximum atomic E-state index is 13.2. The molecule has 3 rings (SSSR count). The van der Waals surface area contributed by atoms with Crippen LogP contribution in [0.2, 0.25) is 0 Å². The molecule has 0 saturated heterocycles. The first-order chi connectivity index (χ1) is 9.65. The second-order valence-corrected chi connectivity index (χ2v) is 4.30. The van der Waals surface area contributed by atoms with Crippen molar-refractivity contribution in [1.82, 2.24) is 14.4 Å². The largest absolute Gasteiger partial charge is 0.303 e. The third-order valence-electron chi connectivity index (χ3n) is 2.85. The van der Waals surface area contributed by atoms with Gasteiger partial charge in [-0.1, -0.05) is 0 Å². The Kier molecular flexibility index (Phi) is 2.88. The molecule has 0 saturated carbocycles. The Hall–Kier alpha value is -2.81. The minimum Gasteiger partial charge on any atom is -0.303 e. The Labute approximate surface area is 112 Å². The van der Waals surface area contributed by atoms with Crippen LogP contribution in [0.15, 0.2) is 36.8 Å². The Balaban J connectivity index is 2.10. The van der Waals surface area contributed by atoms with Crippen molar-refractivity contribution in [1.29, 1.82) is 5.26 Å². The van der Waals surface area contributed by atoms with Crippen LogP contribution in [0.25, 0.3) is 5.65 Å². The van der Waals surface area contributed by atoms with Crippen molar-refractivity contribution in [3.05, 3.63) is 65.4 Å². The van der Waals surface area contributed by atoms with Gasteiger partial charge in [-0.15, -0.1) is 0 Å².